The Balaban J connectivity index is 1.60. The first kappa shape index (κ1) is 12.5. The topological polar surface area (TPSA) is 42.7 Å². The van der Waals surface area contributed by atoms with E-state index in [0.717, 1.165) is 22.4 Å². The smallest absolute Gasteiger partial charge is 0.191 e. The van der Waals surface area contributed by atoms with Crippen LogP contribution < -0.4 is 5.32 Å². The van der Waals surface area contributed by atoms with Gasteiger partial charge in [0.2, 0.25) is 0 Å². The molecule has 3 heterocycles. The third-order valence-corrected chi connectivity index (χ3v) is 5.58. The van der Waals surface area contributed by atoms with Crippen LogP contribution in [0.4, 0.5) is 0 Å². The largest absolute Gasteiger partial charge is 0.304 e. The van der Waals surface area contributed by atoms with Crippen LogP contribution in [0.5, 0.6) is 0 Å². The Kier molecular flexibility index (Phi) is 3.11. The van der Waals surface area contributed by atoms with Gasteiger partial charge in [-0.3, -0.25) is 4.68 Å². The predicted octanol–water partition coefficient (Wildman–Crippen LogP) is 3.14. The van der Waals surface area contributed by atoms with Crippen molar-refractivity contribution in [2.75, 3.05) is 0 Å². The van der Waals surface area contributed by atoms with Gasteiger partial charge in [-0.25, -0.2) is 4.98 Å². The number of hydrogen-bond acceptors (Lipinski definition) is 4. The molecular weight excluding hydrogens is 268 g/mol. The minimum Gasteiger partial charge on any atom is -0.304 e. The van der Waals surface area contributed by atoms with Gasteiger partial charge in [0.15, 0.2) is 5.82 Å². The minimum atomic E-state index is 0.384. The highest BCUT2D eigenvalue weighted by Crippen LogP contribution is 2.38. The third-order valence-electron chi connectivity index (χ3n) is 4.71. The predicted molar refractivity (Wildman–Crippen MR) is 80.6 cm³/mol. The summed E-state index contributed by atoms with van der Waals surface area (Å²) < 4.78 is 1.96. The Morgan fingerprint density at radius 1 is 1.35 bits per heavy atom. The Bertz CT molecular complexity index is 575. The lowest BCUT2D eigenvalue weighted by atomic mass is 9.85. The Morgan fingerprint density at radius 2 is 2.25 bits per heavy atom. The Hall–Kier alpha value is -1.20. The van der Waals surface area contributed by atoms with Gasteiger partial charge in [0.05, 0.1) is 10.9 Å². The summed E-state index contributed by atoms with van der Waals surface area (Å²) >= 11 is 1.70. The van der Waals surface area contributed by atoms with Crippen molar-refractivity contribution in [2.24, 2.45) is 13.0 Å². The van der Waals surface area contributed by atoms with Crippen molar-refractivity contribution in [3.8, 4) is 10.7 Å². The third kappa shape index (κ3) is 2.09. The fourth-order valence-electron chi connectivity index (χ4n) is 3.73. The summed E-state index contributed by atoms with van der Waals surface area (Å²) in [7, 11) is 2.02. The van der Waals surface area contributed by atoms with E-state index in [1.807, 2.05) is 11.7 Å². The lowest BCUT2D eigenvalue weighted by Crippen LogP contribution is -2.31. The van der Waals surface area contributed by atoms with Crippen molar-refractivity contribution in [2.45, 2.75) is 44.2 Å². The fourth-order valence-corrected chi connectivity index (χ4v) is 4.38. The SMILES string of the molecule is Cn1nc(-c2cccs2)nc1C1CC2CCCCC2N1. The summed E-state index contributed by atoms with van der Waals surface area (Å²) in [5, 5.41) is 10.5. The van der Waals surface area contributed by atoms with Crippen LogP contribution in [0.3, 0.4) is 0 Å². The maximum absolute atomic E-state index is 4.79. The maximum Gasteiger partial charge on any atom is 0.191 e. The molecule has 3 atom stereocenters. The van der Waals surface area contributed by atoms with Crippen LogP contribution in [0.15, 0.2) is 17.5 Å². The van der Waals surface area contributed by atoms with Gasteiger partial charge < -0.3 is 5.32 Å². The molecule has 5 heteroatoms. The van der Waals surface area contributed by atoms with Gasteiger partial charge in [0.25, 0.3) is 0 Å². The van der Waals surface area contributed by atoms with E-state index >= 15 is 0 Å². The first-order chi connectivity index (χ1) is 9.81. The molecule has 0 aromatic carbocycles. The molecule has 2 aromatic heterocycles. The van der Waals surface area contributed by atoms with E-state index in [2.05, 4.69) is 27.9 Å². The Morgan fingerprint density at radius 3 is 3.05 bits per heavy atom. The molecule has 20 heavy (non-hydrogen) atoms. The molecule has 1 aliphatic heterocycles. The van der Waals surface area contributed by atoms with Crippen molar-refractivity contribution in [1.82, 2.24) is 20.1 Å². The number of aryl methyl sites for hydroxylation is 1. The van der Waals surface area contributed by atoms with Gasteiger partial charge >= 0.3 is 0 Å². The van der Waals surface area contributed by atoms with Crippen molar-refractivity contribution >= 4 is 11.3 Å². The molecule has 4 nitrogen and oxygen atoms in total. The van der Waals surface area contributed by atoms with Gasteiger partial charge in [0, 0.05) is 13.1 Å². The molecule has 0 bridgehead atoms. The van der Waals surface area contributed by atoms with Crippen LogP contribution in [0.25, 0.3) is 10.7 Å². The highest BCUT2D eigenvalue weighted by molar-refractivity contribution is 7.13. The summed E-state index contributed by atoms with van der Waals surface area (Å²) in [6.07, 6.45) is 6.71. The van der Waals surface area contributed by atoms with Crippen molar-refractivity contribution in [3.05, 3.63) is 23.3 Å². The number of fused-ring (bicyclic) bond motifs is 1. The van der Waals surface area contributed by atoms with Crippen LogP contribution in [0, 0.1) is 5.92 Å². The molecular formula is C15H20N4S. The molecule has 2 aliphatic rings. The van der Waals surface area contributed by atoms with Crippen molar-refractivity contribution < 1.29 is 0 Å². The number of thiophene rings is 1. The first-order valence-electron chi connectivity index (χ1n) is 7.52. The number of rotatable bonds is 2. The first-order valence-corrected chi connectivity index (χ1v) is 8.40. The quantitative estimate of drug-likeness (QED) is 0.923. The molecule has 0 amide bonds. The van der Waals surface area contributed by atoms with Crippen molar-refractivity contribution in [3.63, 3.8) is 0 Å². The van der Waals surface area contributed by atoms with Gasteiger partial charge in [-0.15, -0.1) is 11.3 Å². The van der Waals surface area contributed by atoms with Gasteiger partial charge in [0.1, 0.15) is 5.82 Å². The van der Waals surface area contributed by atoms with Crippen LogP contribution in [0.2, 0.25) is 0 Å². The molecule has 0 spiro atoms. The second-order valence-corrected chi connectivity index (χ2v) is 6.95. The van der Waals surface area contributed by atoms with E-state index in [-0.39, 0.29) is 0 Å². The molecule has 0 radical (unpaired) electrons. The molecule has 4 rings (SSSR count). The minimum absolute atomic E-state index is 0.384. The molecule has 1 saturated carbocycles. The zero-order valence-electron chi connectivity index (χ0n) is 11.7. The zero-order valence-corrected chi connectivity index (χ0v) is 12.6. The highest BCUT2D eigenvalue weighted by Gasteiger charge is 2.37. The van der Waals surface area contributed by atoms with Crippen LogP contribution in [-0.2, 0) is 7.05 Å². The van der Waals surface area contributed by atoms with Crippen LogP contribution >= 0.6 is 11.3 Å². The standard InChI is InChI=1S/C15H20N4S/c1-19-15(17-14(18-19)13-7-4-8-20-13)12-9-10-5-2-3-6-11(10)16-12/h4,7-8,10-12,16H,2-3,5-6,9H2,1H3. The van der Waals surface area contributed by atoms with Crippen LogP contribution in [0.1, 0.15) is 44.0 Å². The zero-order chi connectivity index (χ0) is 13.5. The highest BCUT2D eigenvalue weighted by atomic mass is 32.1. The lowest BCUT2D eigenvalue weighted by Gasteiger charge is -2.24. The van der Waals surface area contributed by atoms with E-state index in [1.54, 1.807) is 11.3 Å². The maximum atomic E-state index is 4.79. The summed E-state index contributed by atoms with van der Waals surface area (Å²) in [6, 6.07) is 5.23. The van der Waals surface area contributed by atoms with Gasteiger partial charge in [-0.1, -0.05) is 18.9 Å². The lowest BCUT2D eigenvalue weighted by molar-refractivity contribution is 0.325. The van der Waals surface area contributed by atoms with E-state index in [9.17, 15) is 0 Å². The summed E-state index contributed by atoms with van der Waals surface area (Å²) in [5.41, 5.74) is 0. The van der Waals surface area contributed by atoms with E-state index in [0.29, 0.717) is 12.1 Å². The van der Waals surface area contributed by atoms with E-state index in [1.165, 1.54) is 32.1 Å². The van der Waals surface area contributed by atoms with E-state index in [4.69, 9.17) is 4.98 Å². The van der Waals surface area contributed by atoms with Gasteiger partial charge in [-0.2, -0.15) is 5.10 Å². The number of aromatic nitrogens is 3. The molecule has 1 saturated heterocycles. The second kappa shape index (κ2) is 4.97. The second-order valence-electron chi connectivity index (χ2n) is 6.00. The molecule has 1 aliphatic carbocycles. The molecule has 2 fully saturated rings. The molecule has 106 valence electrons. The fraction of sp³-hybridized carbons (Fsp3) is 0.600. The molecule has 2 aromatic rings. The monoisotopic (exact) mass is 288 g/mol. The summed E-state index contributed by atoms with van der Waals surface area (Å²) in [6.45, 7) is 0. The van der Waals surface area contributed by atoms with E-state index < -0.39 is 0 Å². The van der Waals surface area contributed by atoms with Gasteiger partial charge in [-0.05, 0) is 36.6 Å². The summed E-state index contributed by atoms with van der Waals surface area (Å²) in [4.78, 5) is 5.95. The van der Waals surface area contributed by atoms with Crippen molar-refractivity contribution in [1.29, 1.82) is 0 Å². The number of hydrogen-bond donors (Lipinski definition) is 1. The average Bonchev–Trinajstić information content (AvgIpc) is 3.16. The summed E-state index contributed by atoms with van der Waals surface area (Å²) in [5.74, 6) is 2.81. The normalized spacial score (nSPS) is 29.6. The molecule has 3 unspecified atom stereocenters. The van der Waals surface area contributed by atoms with Crippen LogP contribution in [-0.4, -0.2) is 20.8 Å². The average molecular weight is 288 g/mol. The Labute approximate surface area is 123 Å². The molecule has 1 N–H and O–H groups in total. The number of nitrogens with one attached hydrogen (secondary N) is 1. The number of nitrogens with zero attached hydrogens (tertiary/aromatic N) is 3.